The molecule has 0 atom stereocenters. The molecule has 0 saturated heterocycles. The maximum absolute atomic E-state index is 3.60. The van der Waals surface area contributed by atoms with E-state index in [9.17, 15) is 0 Å². The van der Waals surface area contributed by atoms with Gasteiger partial charge in [0.05, 0.1) is 0 Å². The van der Waals surface area contributed by atoms with E-state index in [1.54, 1.807) is 0 Å². The van der Waals surface area contributed by atoms with Gasteiger partial charge in [0.1, 0.15) is 0 Å². The Bertz CT molecular complexity index is 1010. The van der Waals surface area contributed by atoms with Crippen LogP contribution < -0.4 is 5.32 Å². The number of rotatable bonds is 9. The van der Waals surface area contributed by atoms with Crippen molar-refractivity contribution in [2.45, 2.75) is 38.1 Å². The van der Waals surface area contributed by atoms with Crippen LogP contribution in [0.4, 0.5) is 0 Å². The summed E-state index contributed by atoms with van der Waals surface area (Å²) >= 11 is 1.88. The van der Waals surface area contributed by atoms with Crippen molar-refractivity contribution in [2.24, 2.45) is 0 Å². The molecule has 31 heavy (non-hydrogen) atoms. The second-order valence-electron chi connectivity index (χ2n) is 8.15. The van der Waals surface area contributed by atoms with Crippen molar-refractivity contribution in [3.8, 4) is 11.1 Å². The van der Waals surface area contributed by atoms with Crippen LogP contribution in [0.15, 0.2) is 77.7 Å². The molecule has 0 heterocycles. The molecular weight excluding hydrogens is 396 g/mol. The van der Waals surface area contributed by atoms with Gasteiger partial charge >= 0.3 is 0 Å². The zero-order valence-corrected chi connectivity index (χ0v) is 19.4. The lowest BCUT2D eigenvalue weighted by molar-refractivity contribution is 0.476. The molecular formula is C28H32N2S. The molecule has 0 radical (unpaired) electrons. The topological polar surface area (TPSA) is 15.3 Å². The Morgan fingerprint density at radius 2 is 1.68 bits per heavy atom. The quantitative estimate of drug-likeness (QED) is 0.300. The van der Waals surface area contributed by atoms with Crippen molar-refractivity contribution >= 4 is 18.0 Å². The molecule has 0 unspecified atom stereocenters. The summed E-state index contributed by atoms with van der Waals surface area (Å²) in [6.07, 6.45) is 6.85. The number of nitrogens with one attached hydrogen (secondary N) is 1. The van der Waals surface area contributed by atoms with E-state index >= 15 is 0 Å². The predicted octanol–water partition coefficient (Wildman–Crippen LogP) is 6.74. The highest BCUT2D eigenvalue weighted by molar-refractivity contribution is 7.97. The van der Waals surface area contributed by atoms with E-state index in [0.29, 0.717) is 0 Å². The van der Waals surface area contributed by atoms with Gasteiger partial charge < -0.3 is 5.32 Å². The molecule has 0 bridgehead atoms. The molecule has 3 heteroatoms. The summed E-state index contributed by atoms with van der Waals surface area (Å²) in [5, 5.41) is 3.60. The van der Waals surface area contributed by atoms with Crippen molar-refractivity contribution < 1.29 is 0 Å². The molecule has 0 aromatic heterocycles. The molecule has 0 spiro atoms. The number of hydrogen-bond acceptors (Lipinski definition) is 3. The first-order chi connectivity index (χ1) is 15.2. The highest BCUT2D eigenvalue weighted by atomic mass is 32.2. The summed E-state index contributed by atoms with van der Waals surface area (Å²) in [7, 11) is 0. The fraction of sp³-hybridized carbons (Fsp3) is 0.286. The van der Waals surface area contributed by atoms with E-state index in [2.05, 4.69) is 102 Å². The third kappa shape index (κ3) is 6.10. The Kier molecular flexibility index (Phi) is 7.63. The minimum absolute atomic E-state index is 0.904. The molecule has 1 aliphatic carbocycles. The van der Waals surface area contributed by atoms with Crippen LogP contribution in [-0.4, -0.2) is 23.9 Å². The molecule has 3 aromatic rings. The van der Waals surface area contributed by atoms with Crippen LogP contribution >= 0.6 is 11.9 Å². The fourth-order valence-electron chi connectivity index (χ4n) is 3.88. The summed E-state index contributed by atoms with van der Waals surface area (Å²) in [6, 6.07) is 24.5. The lowest BCUT2D eigenvalue weighted by Crippen LogP contribution is -2.27. The first kappa shape index (κ1) is 21.9. The molecule has 0 fully saturated rings. The largest absolute Gasteiger partial charge is 0.311 e. The number of aryl methyl sites for hydroxylation is 2. The molecule has 0 amide bonds. The van der Waals surface area contributed by atoms with Gasteiger partial charge in [0.2, 0.25) is 0 Å². The van der Waals surface area contributed by atoms with Gasteiger partial charge in [-0.1, -0.05) is 79.2 Å². The first-order valence-corrected chi connectivity index (χ1v) is 12.1. The van der Waals surface area contributed by atoms with Gasteiger partial charge in [0.15, 0.2) is 0 Å². The number of nitrogens with zero attached hydrogens (tertiary/aromatic N) is 1. The minimum atomic E-state index is 0.904. The minimum Gasteiger partial charge on any atom is -0.311 e. The second kappa shape index (κ2) is 10.8. The molecule has 3 aromatic carbocycles. The van der Waals surface area contributed by atoms with Crippen molar-refractivity contribution in [1.82, 2.24) is 9.62 Å². The lowest BCUT2D eigenvalue weighted by atomic mass is 9.98. The van der Waals surface area contributed by atoms with Crippen LogP contribution in [0.25, 0.3) is 17.2 Å². The van der Waals surface area contributed by atoms with E-state index in [1.807, 2.05) is 11.9 Å². The Morgan fingerprint density at radius 1 is 0.935 bits per heavy atom. The number of allylic oxidation sites excluding steroid dienone is 1. The highest BCUT2D eigenvalue weighted by Crippen LogP contribution is 2.28. The van der Waals surface area contributed by atoms with Crippen LogP contribution in [0.2, 0.25) is 0 Å². The molecule has 160 valence electrons. The summed E-state index contributed by atoms with van der Waals surface area (Å²) in [5.74, 6) is 0. The van der Waals surface area contributed by atoms with E-state index in [1.165, 1.54) is 38.3 Å². The molecule has 1 aliphatic rings. The van der Waals surface area contributed by atoms with Gasteiger partial charge in [0, 0.05) is 31.1 Å². The SMILES string of the molecule is CCN(CCNCc1ccc(-c2ccc(C)cc2)cc1)Sc1ccc2c(c1)CCC=C2. The number of fused-ring (bicyclic) bond motifs is 1. The van der Waals surface area contributed by atoms with Gasteiger partial charge in [-0.05, 0) is 71.7 Å². The van der Waals surface area contributed by atoms with E-state index in [4.69, 9.17) is 0 Å². The summed E-state index contributed by atoms with van der Waals surface area (Å²) in [6.45, 7) is 8.31. The normalized spacial score (nSPS) is 12.9. The summed E-state index contributed by atoms with van der Waals surface area (Å²) < 4.78 is 2.44. The van der Waals surface area contributed by atoms with E-state index in [-0.39, 0.29) is 0 Å². The Balaban J connectivity index is 1.24. The predicted molar refractivity (Wildman–Crippen MR) is 135 cm³/mol. The molecule has 4 rings (SSSR count). The number of benzene rings is 3. The van der Waals surface area contributed by atoms with Gasteiger partial charge in [-0.2, -0.15) is 0 Å². The maximum Gasteiger partial charge on any atom is 0.0233 e. The van der Waals surface area contributed by atoms with Crippen LogP contribution in [-0.2, 0) is 13.0 Å². The van der Waals surface area contributed by atoms with Crippen LogP contribution in [0.1, 0.15) is 35.6 Å². The standard InChI is InChI=1S/C28H32N2S/c1-3-30(31-28-17-16-24-6-4-5-7-27(24)20-28)19-18-29-21-23-10-14-26(15-11-23)25-12-8-22(2)9-13-25/h4,6,8-17,20,29H,3,5,7,18-19,21H2,1-2H3. The Morgan fingerprint density at radius 3 is 2.42 bits per heavy atom. The van der Waals surface area contributed by atoms with Crippen LogP contribution in [0, 0.1) is 6.92 Å². The average Bonchev–Trinajstić information content (AvgIpc) is 2.82. The van der Waals surface area contributed by atoms with Gasteiger partial charge in [0.25, 0.3) is 0 Å². The van der Waals surface area contributed by atoms with Gasteiger partial charge in [-0.3, -0.25) is 0 Å². The zero-order chi connectivity index (χ0) is 21.5. The third-order valence-corrected chi connectivity index (χ3v) is 6.95. The van der Waals surface area contributed by atoms with Crippen LogP contribution in [0.3, 0.4) is 0 Å². The molecule has 1 N–H and O–H groups in total. The Labute approximate surface area is 191 Å². The number of likely N-dealkylation sites (N-methyl/N-ethyl adjacent to an activating group) is 1. The van der Waals surface area contributed by atoms with E-state index in [0.717, 1.165) is 39.0 Å². The third-order valence-electron chi connectivity index (χ3n) is 5.79. The molecule has 0 aliphatic heterocycles. The van der Waals surface area contributed by atoms with Gasteiger partial charge in [-0.25, -0.2) is 4.31 Å². The summed E-state index contributed by atoms with van der Waals surface area (Å²) in [5.41, 5.74) is 8.04. The Hall–Kier alpha value is -2.33. The van der Waals surface area contributed by atoms with Crippen molar-refractivity contribution in [2.75, 3.05) is 19.6 Å². The molecule has 0 saturated carbocycles. The smallest absolute Gasteiger partial charge is 0.0233 e. The average molecular weight is 429 g/mol. The fourth-order valence-corrected chi connectivity index (χ4v) is 4.82. The number of hydrogen-bond donors (Lipinski definition) is 1. The monoisotopic (exact) mass is 428 g/mol. The van der Waals surface area contributed by atoms with Crippen LogP contribution in [0.5, 0.6) is 0 Å². The zero-order valence-electron chi connectivity index (χ0n) is 18.6. The summed E-state index contributed by atoms with van der Waals surface area (Å²) in [4.78, 5) is 1.35. The first-order valence-electron chi connectivity index (χ1n) is 11.3. The lowest BCUT2D eigenvalue weighted by Gasteiger charge is -2.20. The highest BCUT2D eigenvalue weighted by Gasteiger charge is 2.09. The van der Waals surface area contributed by atoms with Crippen molar-refractivity contribution in [3.63, 3.8) is 0 Å². The van der Waals surface area contributed by atoms with Gasteiger partial charge in [-0.15, -0.1) is 0 Å². The van der Waals surface area contributed by atoms with E-state index < -0.39 is 0 Å². The van der Waals surface area contributed by atoms with Crippen molar-refractivity contribution in [1.29, 1.82) is 0 Å². The maximum atomic E-state index is 3.60. The molecule has 2 nitrogen and oxygen atoms in total. The van der Waals surface area contributed by atoms with Crippen molar-refractivity contribution in [3.05, 3.63) is 95.1 Å². The second-order valence-corrected chi connectivity index (χ2v) is 9.32.